The van der Waals surface area contributed by atoms with Gasteiger partial charge >= 0.3 is 0 Å². The van der Waals surface area contributed by atoms with Gasteiger partial charge in [-0.25, -0.2) is 0 Å². The van der Waals surface area contributed by atoms with Crippen molar-refractivity contribution in [2.75, 3.05) is 13.1 Å². The molecule has 11 heavy (non-hydrogen) atoms. The summed E-state index contributed by atoms with van der Waals surface area (Å²) in [4.78, 5) is 0. The summed E-state index contributed by atoms with van der Waals surface area (Å²) in [5.74, 6) is 5.92. The van der Waals surface area contributed by atoms with Crippen molar-refractivity contribution < 1.29 is 0 Å². The average molecular weight is 149 g/mol. The second-order valence-electron chi connectivity index (χ2n) is 2.07. The Morgan fingerprint density at radius 3 is 3.27 bits per heavy atom. The van der Waals surface area contributed by atoms with Crippen LogP contribution in [0.2, 0.25) is 0 Å². The van der Waals surface area contributed by atoms with Crippen molar-refractivity contribution in [3.8, 4) is 11.8 Å². The van der Waals surface area contributed by atoms with Crippen LogP contribution in [0.5, 0.6) is 0 Å². The Bertz CT molecular complexity index is 240. The number of aromatic nitrogens is 2. The molecule has 3 heteroatoms. The summed E-state index contributed by atoms with van der Waals surface area (Å²) in [6.45, 7) is 3.75. The predicted octanol–water partition coefficient (Wildman–Crippen LogP) is 0.371. The molecule has 0 saturated heterocycles. The van der Waals surface area contributed by atoms with Gasteiger partial charge in [-0.2, -0.15) is 5.10 Å². The fraction of sp³-hybridized carbons (Fsp3) is 0.375. The van der Waals surface area contributed by atoms with Crippen molar-refractivity contribution in [2.45, 2.75) is 6.92 Å². The minimum atomic E-state index is 0.738. The first-order chi connectivity index (χ1) is 5.43. The molecule has 1 aromatic rings. The number of H-pyrrole nitrogens is 1. The van der Waals surface area contributed by atoms with Crippen LogP contribution >= 0.6 is 0 Å². The molecule has 2 N–H and O–H groups in total. The molecule has 0 unspecified atom stereocenters. The van der Waals surface area contributed by atoms with E-state index in [1.807, 2.05) is 0 Å². The highest BCUT2D eigenvalue weighted by atomic mass is 15.1. The monoisotopic (exact) mass is 149 g/mol. The standard InChI is InChI=1S/C8H11N3/c1-2-9-5-3-4-8-6-10-11-7-8/h6-7,9H,2,5H2,1H3,(H,10,11). The zero-order valence-corrected chi connectivity index (χ0v) is 6.52. The van der Waals surface area contributed by atoms with Gasteiger partial charge in [-0.3, -0.25) is 5.10 Å². The molecular formula is C8H11N3. The molecule has 0 spiro atoms. The maximum Gasteiger partial charge on any atom is 0.0644 e. The van der Waals surface area contributed by atoms with Crippen molar-refractivity contribution in [2.24, 2.45) is 0 Å². The van der Waals surface area contributed by atoms with Crippen molar-refractivity contribution >= 4 is 0 Å². The molecule has 1 rings (SSSR count). The fourth-order valence-electron chi connectivity index (χ4n) is 0.653. The van der Waals surface area contributed by atoms with Crippen molar-refractivity contribution in [3.05, 3.63) is 18.0 Å². The van der Waals surface area contributed by atoms with Gasteiger partial charge in [0, 0.05) is 6.20 Å². The van der Waals surface area contributed by atoms with E-state index >= 15 is 0 Å². The molecule has 0 bridgehead atoms. The fourth-order valence-corrected chi connectivity index (χ4v) is 0.653. The number of hydrogen-bond acceptors (Lipinski definition) is 2. The van der Waals surface area contributed by atoms with Crippen LogP contribution in [0.1, 0.15) is 12.5 Å². The van der Waals surface area contributed by atoms with E-state index < -0.39 is 0 Å². The summed E-state index contributed by atoms with van der Waals surface area (Å²) in [5, 5.41) is 9.58. The van der Waals surface area contributed by atoms with Crippen LogP contribution < -0.4 is 5.32 Å². The largest absolute Gasteiger partial charge is 0.306 e. The first-order valence-electron chi connectivity index (χ1n) is 3.62. The molecule has 0 fully saturated rings. The van der Waals surface area contributed by atoms with E-state index in [-0.39, 0.29) is 0 Å². The average Bonchev–Trinajstić information content (AvgIpc) is 2.50. The van der Waals surface area contributed by atoms with Gasteiger partial charge in [-0.1, -0.05) is 18.8 Å². The maximum absolute atomic E-state index is 3.77. The minimum Gasteiger partial charge on any atom is -0.306 e. The lowest BCUT2D eigenvalue weighted by Gasteiger charge is -1.87. The number of aromatic amines is 1. The van der Waals surface area contributed by atoms with Crippen LogP contribution in [0.3, 0.4) is 0 Å². The lowest BCUT2D eigenvalue weighted by Crippen LogP contribution is -2.11. The van der Waals surface area contributed by atoms with Gasteiger partial charge in [0.25, 0.3) is 0 Å². The van der Waals surface area contributed by atoms with Crippen LogP contribution in [-0.2, 0) is 0 Å². The summed E-state index contributed by atoms with van der Waals surface area (Å²) in [5.41, 5.74) is 0.933. The molecule has 0 atom stereocenters. The third kappa shape index (κ3) is 2.87. The smallest absolute Gasteiger partial charge is 0.0644 e. The Morgan fingerprint density at radius 1 is 1.73 bits per heavy atom. The Kier molecular flexibility index (Phi) is 3.23. The Morgan fingerprint density at radius 2 is 2.64 bits per heavy atom. The summed E-state index contributed by atoms with van der Waals surface area (Å²) in [6.07, 6.45) is 3.48. The molecule has 58 valence electrons. The summed E-state index contributed by atoms with van der Waals surface area (Å²) < 4.78 is 0. The number of hydrogen-bond donors (Lipinski definition) is 2. The van der Waals surface area contributed by atoms with Crippen molar-refractivity contribution in [3.63, 3.8) is 0 Å². The normalized spacial score (nSPS) is 8.82. The van der Waals surface area contributed by atoms with E-state index in [0.717, 1.165) is 18.7 Å². The van der Waals surface area contributed by atoms with Gasteiger partial charge in [0.15, 0.2) is 0 Å². The van der Waals surface area contributed by atoms with Gasteiger partial charge in [-0.05, 0) is 6.54 Å². The molecule has 0 aliphatic heterocycles. The van der Waals surface area contributed by atoms with Gasteiger partial charge in [0.05, 0.1) is 18.3 Å². The van der Waals surface area contributed by atoms with Crippen LogP contribution in [0.15, 0.2) is 12.4 Å². The second kappa shape index (κ2) is 4.53. The first kappa shape index (κ1) is 7.83. The zero-order valence-electron chi connectivity index (χ0n) is 6.52. The molecular weight excluding hydrogens is 138 g/mol. The third-order valence-corrected chi connectivity index (χ3v) is 1.19. The Hall–Kier alpha value is -1.27. The van der Waals surface area contributed by atoms with Gasteiger partial charge in [0.1, 0.15) is 0 Å². The highest BCUT2D eigenvalue weighted by Gasteiger charge is 1.82. The van der Waals surface area contributed by atoms with Crippen LogP contribution in [-0.4, -0.2) is 23.3 Å². The van der Waals surface area contributed by atoms with E-state index in [0.29, 0.717) is 0 Å². The molecule has 0 amide bonds. The number of rotatable bonds is 2. The lowest BCUT2D eigenvalue weighted by molar-refractivity contribution is 0.811. The van der Waals surface area contributed by atoms with Crippen LogP contribution in [0.4, 0.5) is 0 Å². The van der Waals surface area contributed by atoms with Crippen LogP contribution in [0.25, 0.3) is 0 Å². The third-order valence-electron chi connectivity index (χ3n) is 1.19. The van der Waals surface area contributed by atoms with E-state index in [9.17, 15) is 0 Å². The van der Waals surface area contributed by atoms with E-state index in [1.54, 1.807) is 12.4 Å². The lowest BCUT2D eigenvalue weighted by atomic mass is 10.4. The molecule has 0 aromatic carbocycles. The van der Waals surface area contributed by atoms with Crippen molar-refractivity contribution in [1.29, 1.82) is 0 Å². The van der Waals surface area contributed by atoms with Gasteiger partial charge in [0.2, 0.25) is 0 Å². The molecule has 0 radical (unpaired) electrons. The number of nitrogens with one attached hydrogen (secondary N) is 2. The van der Waals surface area contributed by atoms with Crippen LogP contribution in [0, 0.1) is 11.8 Å². The SMILES string of the molecule is CCNCC#Cc1cn[nH]c1. The molecule has 1 heterocycles. The first-order valence-corrected chi connectivity index (χ1v) is 3.62. The molecule has 0 aliphatic rings. The topological polar surface area (TPSA) is 40.7 Å². The van der Waals surface area contributed by atoms with E-state index in [2.05, 4.69) is 34.3 Å². The zero-order chi connectivity index (χ0) is 7.94. The van der Waals surface area contributed by atoms with E-state index in [4.69, 9.17) is 0 Å². The Labute approximate surface area is 66.2 Å². The highest BCUT2D eigenvalue weighted by Crippen LogP contribution is 1.87. The van der Waals surface area contributed by atoms with Gasteiger partial charge in [-0.15, -0.1) is 0 Å². The maximum atomic E-state index is 3.77. The Balaban J connectivity index is 2.33. The summed E-state index contributed by atoms with van der Waals surface area (Å²) in [6, 6.07) is 0. The predicted molar refractivity (Wildman–Crippen MR) is 44.0 cm³/mol. The molecule has 0 aliphatic carbocycles. The molecule has 0 saturated carbocycles. The van der Waals surface area contributed by atoms with Crippen molar-refractivity contribution in [1.82, 2.24) is 15.5 Å². The molecule has 3 nitrogen and oxygen atoms in total. The van der Waals surface area contributed by atoms with E-state index in [1.165, 1.54) is 0 Å². The molecule has 1 aromatic heterocycles. The summed E-state index contributed by atoms with van der Waals surface area (Å²) >= 11 is 0. The number of nitrogens with zero attached hydrogens (tertiary/aromatic N) is 1. The highest BCUT2D eigenvalue weighted by molar-refractivity contribution is 5.29. The second-order valence-corrected chi connectivity index (χ2v) is 2.07. The van der Waals surface area contributed by atoms with Gasteiger partial charge < -0.3 is 5.32 Å². The minimum absolute atomic E-state index is 0.738. The quantitative estimate of drug-likeness (QED) is 0.471. The summed E-state index contributed by atoms with van der Waals surface area (Å²) in [7, 11) is 0.